The molecular weight excluding hydrogens is 434 g/mol. The molecular formula is C26H26ClN5O. The van der Waals surface area contributed by atoms with Crippen LogP contribution in [0.3, 0.4) is 0 Å². The van der Waals surface area contributed by atoms with Gasteiger partial charge in [-0.3, -0.25) is 9.48 Å². The van der Waals surface area contributed by atoms with Crippen LogP contribution in [-0.4, -0.2) is 32.0 Å². The Morgan fingerprint density at radius 1 is 1.09 bits per heavy atom. The number of nitrogens with zero attached hydrogens (tertiary/aromatic N) is 4. The molecule has 0 aliphatic heterocycles. The van der Waals surface area contributed by atoms with Crippen LogP contribution in [0.2, 0.25) is 5.02 Å². The molecule has 0 spiro atoms. The van der Waals surface area contributed by atoms with Gasteiger partial charge in [0.15, 0.2) is 0 Å². The molecule has 2 heterocycles. The minimum absolute atomic E-state index is 0.136. The van der Waals surface area contributed by atoms with Crippen LogP contribution in [0.5, 0.6) is 0 Å². The predicted octanol–water partition coefficient (Wildman–Crippen LogP) is 4.76. The molecule has 6 nitrogen and oxygen atoms in total. The van der Waals surface area contributed by atoms with Crippen molar-refractivity contribution in [3.63, 3.8) is 0 Å². The average molecular weight is 460 g/mol. The molecule has 0 aliphatic carbocycles. The number of rotatable bonds is 8. The van der Waals surface area contributed by atoms with E-state index < -0.39 is 0 Å². The predicted molar refractivity (Wildman–Crippen MR) is 132 cm³/mol. The quantitative estimate of drug-likeness (QED) is 0.386. The molecule has 4 aromatic rings. The first-order valence-corrected chi connectivity index (χ1v) is 11.2. The van der Waals surface area contributed by atoms with Crippen LogP contribution >= 0.6 is 11.6 Å². The van der Waals surface area contributed by atoms with Gasteiger partial charge < -0.3 is 5.32 Å². The Morgan fingerprint density at radius 3 is 2.64 bits per heavy atom. The number of nitrogens with one attached hydrogen (secondary N) is 1. The Morgan fingerprint density at radius 2 is 1.85 bits per heavy atom. The Bertz CT molecular complexity index is 1270. The molecule has 168 valence electrons. The zero-order valence-electron chi connectivity index (χ0n) is 18.7. The molecule has 0 atom stereocenters. The van der Waals surface area contributed by atoms with Gasteiger partial charge in [0.1, 0.15) is 0 Å². The molecule has 2 aromatic heterocycles. The monoisotopic (exact) mass is 459 g/mol. The van der Waals surface area contributed by atoms with Crippen LogP contribution in [0, 0.1) is 13.8 Å². The lowest BCUT2D eigenvalue weighted by atomic mass is 10.1. The van der Waals surface area contributed by atoms with E-state index in [2.05, 4.69) is 15.5 Å². The number of hydrogen-bond acceptors (Lipinski definition) is 3. The molecule has 4 rings (SSSR count). The number of aromatic nitrogens is 4. The molecule has 0 radical (unpaired) electrons. The molecule has 33 heavy (non-hydrogen) atoms. The highest BCUT2D eigenvalue weighted by Crippen LogP contribution is 2.20. The number of halogens is 1. The molecule has 2 aromatic carbocycles. The van der Waals surface area contributed by atoms with Crippen molar-refractivity contribution in [2.24, 2.45) is 0 Å². The van der Waals surface area contributed by atoms with Crippen molar-refractivity contribution in [3.05, 3.63) is 106 Å². The van der Waals surface area contributed by atoms with Crippen molar-refractivity contribution in [2.75, 3.05) is 6.54 Å². The summed E-state index contributed by atoms with van der Waals surface area (Å²) in [7, 11) is 0. The summed E-state index contributed by atoms with van der Waals surface area (Å²) in [5.74, 6) is -0.136. The summed E-state index contributed by atoms with van der Waals surface area (Å²) in [5.41, 5.74) is 5.89. The maximum Gasteiger partial charge on any atom is 0.244 e. The van der Waals surface area contributed by atoms with Gasteiger partial charge in [-0.1, -0.05) is 48.0 Å². The first kappa shape index (κ1) is 22.6. The van der Waals surface area contributed by atoms with Crippen LogP contribution in [0.1, 0.15) is 28.1 Å². The molecule has 0 fully saturated rings. The molecule has 7 heteroatoms. The molecule has 0 aliphatic rings. The van der Waals surface area contributed by atoms with Gasteiger partial charge >= 0.3 is 0 Å². The Hall–Kier alpha value is -3.64. The molecule has 0 unspecified atom stereocenters. The van der Waals surface area contributed by atoms with Crippen LogP contribution in [0.15, 0.2) is 73.1 Å². The van der Waals surface area contributed by atoms with Crippen molar-refractivity contribution in [1.82, 2.24) is 24.9 Å². The molecule has 1 amide bonds. The van der Waals surface area contributed by atoms with E-state index >= 15 is 0 Å². The SMILES string of the molecule is Cc1nn(Cc2ccccc2Cl)c(C)c1/C=C/C(=O)NCCc1cnn(-c2ccccc2)c1. The number of hydrogen-bond donors (Lipinski definition) is 1. The van der Waals surface area contributed by atoms with Crippen LogP contribution < -0.4 is 5.32 Å². The van der Waals surface area contributed by atoms with Crippen LogP contribution in [0.25, 0.3) is 11.8 Å². The summed E-state index contributed by atoms with van der Waals surface area (Å²) in [5, 5.41) is 12.7. The fourth-order valence-electron chi connectivity index (χ4n) is 3.65. The van der Waals surface area contributed by atoms with Gasteiger partial charge in [-0.05, 0) is 55.7 Å². The summed E-state index contributed by atoms with van der Waals surface area (Å²) in [6, 6.07) is 17.7. The molecule has 0 saturated heterocycles. The van der Waals surface area contributed by atoms with E-state index in [0.717, 1.165) is 38.8 Å². The highest BCUT2D eigenvalue weighted by molar-refractivity contribution is 6.31. The van der Waals surface area contributed by atoms with Crippen molar-refractivity contribution in [1.29, 1.82) is 0 Å². The van der Waals surface area contributed by atoms with Crippen molar-refractivity contribution >= 4 is 23.6 Å². The number of para-hydroxylation sites is 1. The Balaban J connectivity index is 1.32. The fraction of sp³-hybridized carbons (Fsp3) is 0.192. The minimum Gasteiger partial charge on any atom is -0.352 e. The highest BCUT2D eigenvalue weighted by atomic mass is 35.5. The van der Waals surface area contributed by atoms with Gasteiger partial charge in [0.05, 0.1) is 24.1 Å². The normalized spacial score (nSPS) is 11.2. The van der Waals surface area contributed by atoms with Crippen molar-refractivity contribution < 1.29 is 4.79 Å². The lowest BCUT2D eigenvalue weighted by Gasteiger charge is -2.06. The third-order valence-corrected chi connectivity index (χ3v) is 5.86. The van der Waals surface area contributed by atoms with Crippen LogP contribution in [0.4, 0.5) is 0 Å². The van der Waals surface area contributed by atoms with Crippen molar-refractivity contribution in [3.8, 4) is 5.69 Å². The summed E-state index contributed by atoms with van der Waals surface area (Å²) >= 11 is 6.29. The lowest BCUT2D eigenvalue weighted by molar-refractivity contribution is -0.116. The maximum absolute atomic E-state index is 12.3. The summed E-state index contributed by atoms with van der Waals surface area (Å²) in [6.45, 7) is 5.06. The Labute approximate surface area is 198 Å². The second-order valence-corrected chi connectivity index (χ2v) is 8.24. The number of benzene rings is 2. The second kappa shape index (κ2) is 10.3. The summed E-state index contributed by atoms with van der Waals surface area (Å²) < 4.78 is 3.75. The minimum atomic E-state index is -0.136. The first-order chi connectivity index (χ1) is 16.0. The zero-order valence-corrected chi connectivity index (χ0v) is 19.5. The van der Waals surface area contributed by atoms with Gasteiger partial charge in [0.25, 0.3) is 0 Å². The second-order valence-electron chi connectivity index (χ2n) is 7.84. The molecule has 0 bridgehead atoms. The van der Waals surface area contributed by atoms with E-state index in [4.69, 9.17) is 11.6 Å². The van der Waals surface area contributed by atoms with E-state index in [-0.39, 0.29) is 5.91 Å². The van der Waals surface area contributed by atoms with E-state index in [1.54, 1.807) is 6.08 Å². The topological polar surface area (TPSA) is 64.7 Å². The van der Waals surface area contributed by atoms with Gasteiger partial charge in [0.2, 0.25) is 5.91 Å². The number of carbonyl (C=O) groups is 1. The first-order valence-electron chi connectivity index (χ1n) is 10.8. The lowest BCUT2D eigenvalue weighted by Crippen LogP contribution is -2.23. The van der Waals surface area contributed by atoms with E-state index in [0.29, 0.717) is 19.5 Å². The average Bonchev–Trinajstić information content (AvgIpc) is 3.39. The van der Waals surface area contributed by atoms with E-state index in [9.17, 15) is 4.79 Å². The number of amides is 1. The van der Waals surface area contributed by atoms with Crippen LogP contribution in [-0.2, 0) is 17.8 Å². The standard InChI is InChI=1S/C26H26ClN5O/c1-19-24(20(2)31(30-19)18-22-8-6-7-11-25(22)27)12-13-26(33)28-15-14-21-16-29-32(17-21)23-9-4-3-5-10-23/h3-13,16-17H,14-15,18H2,1-2H3,(H,28,33)/b13-12+. The van der Waals surface area contributed by atoms with E-state index in [1.165, 1.54) is 0 Å². The smallest absolute Gasteiger partial charge is 0.244 e. The highest BCUT2D eigenvalue weighted by Gasteiger charge is 2.11. The largest absolute Gasteiger partial charge is 0.352 e. The zero-order chi connectivity index (χ0) is 23.2. The molecule has 0 saturated carbocycles. The third-order valence-electron chi connectivity index (χ3n) is 5.49. The number of aryl methyl sites for hydroxylation is 1. The van der Waals surface area contributed by atoms with Gasteiger partial charge in [-0.15, -0.1) is 0 Å². The third kappa shape index (κ3) is 5.59. The van der Waals surface area contributed by atoms with Crippen molar-refractivity contribution in [2.45, 2.75) is 26.8 Å². The van der Waals surface area contributed by atoms with Gasteiger partial charge in [-0.2, -0.15) is 10.2 Å². The van der Waals surface area contributed by atoms with Gasteiger partial charge in [-0.25, -0.2) is 4.68 Å². The maximum atomic E-state index is 12.3. The fourth-order valence-corrected chi connectivity index (χ4v) is 3.85. The molecule has 1 N–H and O–H groups in total. The van der Waals surface area contributed by atoms with E-state index in [1.807, 2.05) is 96.3 Å². The Kier molecular flexibility index (Phi) is 7.05. The summed E-state index contributed by atoms with van der Waals surface area (Å²) in [4.78, 5) is 12.3. The van der Waals surface area contributed by atoms with Gasteiger partial charge in [0, 0.05) is 35.1 Å². The number of carbonyl (C=O) groups excluding carboxylic acids is 1. The summed E-state index contributed by atoms with van der Waals surface area (Å²) in [6.07, 6.45) is 7.90.